The van der Waals surface area contributed by atoms with E-state index in [0.29, 0.717) is 24.5 Å². The summed E-state index contributed by atoms with van der Waals surface area (Å²) in [4.78, 5) is 33.9. The highest BCUT2D eigenvalue weighted by Gasteiger charge is 2.35. The van der Waals surface area contributed by atoms with Crippen molar-refractivity contribution in [3.8, 4) is 22.9 Å². The Morgan fingerprint density at radius 3 is 2.29 bits per heavy atom. The summed E-state index contributed by atoms with van der Waals surface area (Å²) < 4.78 is 48.8. The molecule has 1 amide bonds. The highest BCUT2D eigenvalue weighted by molar-refractivity contribution is 7.99. The third kappa shape index (κ3) is 14.5. The van der Waals surface area contributed by atoms with Gasteiger partial charge in [0.1, 0.15) is 5.69 Å². The number of thioether (sulfide) groups is 1. The second kappa shape index (κ2) is 25.0. The minimum atomic E-state index is -4.53. The van der Waals surface area contributed by atoms with Gasteiger partial charge in [-0.2, -0.15) is 18.3 Å². The Labute approximate surface area is 385 Å². The van der Waals surface area contributed by atoms with Crippen LogP contribution in [0.3, 0.4) is 0 Å². The van der Waals surface area contributed by atoms with Gasteiger partial charge in [-0.3, -0.25) is 14.3 Å². The van der Waals surface area contributed by atoms with Crippen LogP contribution in [-0.2, 0) is 24.4 Å². The largest absolute Gasteiger partial charge is 0.481 e. The van der Waals surface area contributed by atoms with Crippen LogP contribution in [0, 0.1) is 0 Å². The number of carbonyl (C=O) groups excluding carboxylic acids is 1. The number of aromatic amines is 1. The number of alkyl halides is 3. The monoisotopic (exact) mass is 914 g/mol. The zero-order chi connectivity index (χ0) is 46.0. The Hall–Kier alpha value is -5.08. The zero-order valence-corrected chi connectivity index (χ0v) is 38.8. The summed E-state index contributed by atoms with van der Waals surface area (Å²) in [5.74, 6) is 0.432. The normalized spacial score (nSPS) is 14.0. The van der Waals surface area contributed by atoms with Crippen LogP contribution >= 0.6 is 11.8 Å². The van der Waals surface area contributed by atoms with Crippen LogP contribution < -0.4 is 5.32 Å². The molecule has 0 unspecified atom stereocenters. The van der Waals surface area contributed by atoms with Gasteiger partial charge in [-0.05, 0) is 62.6 Å². The van der Waals surface area contributed by atoms with Gasteiger partial charge in [0, 0.05) is 47.6 Å². The Morgan fingerprint density at radius 2 is 1.55 bits per heavy atom. The standard InChI is InChI=1S/C33H39F3N4O2S.C18H26N2O2/c1-2-3-4-5-6-7-8-11-17-37-20-26-21-43-22-40(26)32(41)29-30(24-14-12-15-25(18-24)33(34,35)36)42-31(39-29)28-19-23-13-9-10-16-27(23)38-28;1-20-17-13-10-9-11-15(17)16(19-20)12-7-5-3-2-4-6-8-14-18(21)22/h9-10,12-16,18-19,26,37-38H,2-8,11,17,20-22H2,1H3;9-11,13H,2-8,12,14H2,1H3,(H,21,22)/t26-;/m1./s1. The molecule has 3 N–H and O–H groups in total. The molecule has 0 bridgehead atoms. The molecular formula is C51H65F3N6O4S. The molecule has 0 spiro atoms. The second-order valence-corrected chi connectivity index (χ2v) is 18.1. The number of amides is 1. The molecule has 1 atom stereocenters. The van der Waals surface area contributed by atoms with Gasteiger partial charge >= 0.3 is 12.1 Å². The van der Waals surface area contributed by atoms with Gasteiger partial charge in [-0.25, -0.2) is 4.98 Å². The van der Waals surface area contributed by atoms with Crippen molar-refractivity contribution >= 4 is 45.4 Å². The smallest absolute Gasteiger partial charge is 0.416 e. The number of carboxylic acid groups (broad SMARTS) is 1. The molecule has 3 aromatic heterocycles. The van der Waals surface area contributed by atoms with E-state index in [4.69, 9.17) is 9.52 Å². The lowest BCUT2D eigenvalue weighted by molar-refractivity contribution is -0.138. The first-order valence-electron chi connectivity index (χ1n) is 23.5. The van der Waals surface area contributed by atoms with E-state index in [9.17, 15) is 22.8 Å². The van der Waals surface area contributed by atoms with E-state index in [1.807, 2.05) is 42.1 Å². The summed E-state index contributed by atoms with van der Waals surface area (Å²) in [7, 11) is 2.00. The number of halogens is 3. The van der Waals surface area contributed by atoms with Crippen molar-refractivity contribution in [1.29, 1.82) is 0 Å². The number of carbonyl (C=O) groups is 2. The lowest BCUT2D eigenvalue weighted by atomic mass is 10.1. The Bertz CT molecular complexity index is 2370. The van der Waals surface area contributed by atoms with E-state index in [2.05, 4.69) is 51.6 Å². The summed E-state index contributed by atoms with van der Waals surface area (Å²) in [5.41, 5.74) is 3.19. The van der Waals surface area contributed by atoms with Crippen molar-refractivity contribution in [2.75, 3.05) is 24.7 Å². The molecule has 4 heterocycles. The number of hydrogen-bond acceptors (Lipinski definition) is 7. The summed E-state index contributed by atoms with van der Waals surface area (Å²) in [6, 6.07) is 22.7. The Kier molecular flexibility index (Phi) is 19.0. The lowest BCUT2D eigenvalue weighted by Crippen LogP contribution is -2.43. The summed E-state index contributed by atoms with van der Waals surface area (Å²) in [6.07, 6.45) is 14.7. The zero-order valence-electron chi connectivity index (χ0n) is 37.9. The number of carboxylic acids is 1. The summed E-state index contributed by atoms with van der Waals surface area (Å²) >= 11 is 1.66. The number of nitrogens with zero attached hydrogens (tertiary/aromatic N) is 4. The van der Waals surface area contributed by atoms with Gasteiger partial charge in [-0.1, -0.05) is 133 Å². The number of aromatic nitrogens is 4. The van der Waals surface area contributed by atoms with Gasteiger partial charge in [0.2, 0.25) is 5.89 Å². The predicted molar refractivity (Wildman–Crippen MR) is 256 cm³/mol. The molecule has 14 heteroatoms. The van der Waals surface area contributed by atoms with E-state index >= 15 is 0 Å². The fourth-order valence-corrected chi connectivity index (χ4v) is 9.59. The molecule has 1 fully saturated rings. The summed E-state index contributed by atoms with van der Waals surface area (Å²) in [5, 5.41) is 18.9. The third-order valence-electron chi connectivity index (χ3n) is 12.0. The number of unbranched alkanes of at least 4 members (excludes halogenated alkanes) is 13. The van der Waals surface area contributed by atoms with Crippen LogP contribution in [0.15, 0.2) is 83.3 Å². The molecule has 10 nitrogen and oxygen atoms in total. The maximum absolute atomic E-state index is 14.0. The third-order valence-corrected chi connectivity index (χ3v) is 13.1. The molecule has 0 radical (unpaired) electrons. The van der Waals surface area contributed by atoms with Crippen molar-refractivity contribution in [1.82, 2.24) is 30.0 Å². The molecule has 6 aromatic rings. The number of benzene rings is 3. The molecule has 65 heavy (non-hydrogen) atoms. The van der Waals surface area contributed by atoms with Crippen molar-refractivity contribution in [2.45, 2.75) is 128 Å². The highest BCUT2D eigenvalue weighted by Crippen LogP contribution is 2.37. The molecule has 0 saturated carbocycles. The van der Waals surface area contributed by atoms with E-state index < -0.39 is 17.7 Å². The number of H-pyrrole nitrogens is 1. The Balaban J connectivity index is 0.000000267. The van der Waals surface area contributed by atoms with Gasteiger partial charge in [0.05, 0.1) is 28.7 Å². The average Bonchev–Trinajstić information content (AvgIpc) is 4.12. The van der Waals surface area contributed by atoms with Crippen molar-refractivity contribution in [3.63, 3.8) is 0 Å². The predicted octanol–water partition coefficient (Wildman–Crippen LogP) is 13.1. The molecule has 3 aromatic carbocycles. The van der Waals surface area contributed by atoms with E-state index in [-0.39, 0.29) is 34.9 Å². The number of para-hydroxylation sites is 2. The average molecular weight is 915 g/mol. The topological polar surface area (TPSA) is 129 Å². The number of nitrogens with one attached hydrogen (secondary N) is 2. The van der Waals surface area contributed by atoms with Crippen molar-refractivity contribution < 1.29 is 32.3 Å². The van der Waals surface area contributed by atoms with E-state index in [1.165, 1.54) is 99.4 Å². The number of hydrogen-bond donors (Lipinski definition) is 3. The number of aliphatic carboxylic acids is 1. The second-order valence-electron chi connectivity index (χ2n) is 17.1. The number of rotatable bonds is 24. The minimum absolute atomic E-state index is 0.0172. The first-order valence-corrected chi connectivity index (χ1v) is 24.7. The molecule has 1 aliphatic heterocycles. The number of aryl methyl sites for hydroxylation is 2. The van der Waals surface area contributed by atoms with Gasteiger partial charge in [0.15, 0.2) is 11.5 Å². The highest BCUT2D eigenvalue weighted by atomic mass is 32.2. The molecule has 1 aliphatic rings. The van der Waals surface area contributed by atoms with Crippen LogP contribution in [-0.4, -0.2) is 72.4 Å². The van der Waals surface area contributed by atoms with Crippen LogP contribution in [0.1, 0.15) is 131 Å². The lowest BCUT2D eigenvalue weighted by Gasteiger charge is -2.23. The minimum Gasteiger partial charge on any atom is -0.481 e. The fourth-order valence-electron chi connectivity index (χ4n) is 8.39. The molecule has 0 aliphatic carbocycles. The number of oxazole rings is 1. The van der Waals surface area contributed by atoms with Crippen LogP contribution in [0.4, 0.5) is 13.2 Å². The van der Waals surface area contributed by atoms with E-state index in [1.54, 1.807) is 16.7 Å². The summed E-state index contributed by atoms with van der Waals surface area (Å²) in [6.45, 7) is 3.77. The van der Waals surface area contributed by atoms with Crippen LogP contribution in [0.5, 0.6) is 0 Å². The maximum Gasteiger partial charge on any atom is 0.416 e. The Morgan fingerprint density at radius 1 is 0.862 bits per heavy atom. The molecule has 1 saturated heterocycles. The molecule has 7 rings (SSSR count). The first-order chi connectivity index (χ1) is 31.5. The molecular weight excluding hydrogens is 850 g/mol. The van der Waals surface area contributed by atoms with Gasteiger partial charge in [-0.15, -0.1) is 11.8 Å². The van der Waals surface area contributed by atoms with Crippen LogP contribution in [0.25, 0.3) is 44.7 Å². The van der Waals surface area contributed by atoms with Crippen LogP contribution in [0.2, 0.25) is 0 Å². The van der Waals surface area contributed by atoms with Gasteiger partial charge in [0.25, 0.3) is 5.91 Å². The van der Waals surface area contributed by atoms with Gasteiger partial charge < -0.3 is 24.7 Å². The quantitative estimate of drug-likeness (QED) is 0.0512. The molecule has 350 valence electrons. The maximum atomic E-state index is 14.0. The van der Waals surface area contributed by atoms with Crippen molar-refractivity contribution in [3.05, 3.63) is 95.8 Å². The SMILES string of the molecule is CCCCCCCCCCNC[C@@H]1CSCN1C(=O)c1nc(-c2cc3ccccc3[nH]2)oc1-c1cccc(C(F)(F)F)c1.Cn1nc(CCCCCCCCCC(=O)O)c2ccccc21. The first kappa shape index (κ1) is 49.4. The fraction of sp³-hybridized carbons (Fsp3) is 0.490. The number of fused-ring (bicyclic) bond motifs is 2. The van der Waals surface area contributed by atoms with E-state index in [0.717, 1.165) is 67.4 Å². The van der Waals surface area contributed by atoms with Crippen molar-refractivity contribution in [2.24, 2.45) is 7.05 Å².